The van der Waals surface area contributed by atoms with Crippen LogP contribution in [-0.4, -0.2) is 38.5 Å². The standard InChI is InChI=1S/C27H24Cl2F2N2O6/c1-35-21-8-6-17(10-24(21)36-2)33-27(34)39-23(11-18-19(28)12-32-13-20(18)29)16-5-7-22(38-26(30)31)25(9-16)37-14-15-3-4-15/h5-13,15,26H,3-4,14H2,1-2H3,(H,33,34). The summed E-state index contributed by atoms with van der Waals surface area (Å²) in [5.41, 5.74) is 1.01. The Kier molecular flexibility index (Phi) is 9.32. The molecule has 2 aromatic carbocycles. The van der Waals surface area contributed by atoms with Crippen molar-refractivity contribution in [3.63, 3.8) is 0 Å². The largest absolute Gasteiger partial charge is 0.493 e. The van der Waals surface area contributed by atoms with Crippen molar-refractivity contribution < 1.29 is 37.3 Å². The molecule has 4 rings (SSSR count). The molecule has 1 N–H and O–H groups in total. The summed E-state index contributed by atoms with van der Waals surface area (Å²) in [6, 6.07) is 8.97. The fraction of sp³-hybridized carbons (Fsp3) is 0.259. The molecule has 1 amide bonds. The molecule has 1 fully saturated rings. The van der Waals surface area contributed by atoms with E-state index in [-0.39, 0.29) is 27.3 Å². The molecule has 1 saturated carbocycles. The van der Waals surface area contributed by atoms with E-state index in [0.29, 0.717) is 40.8 Å². The zero-order valence-electron chi connectivity index (χ0n) is 20.9. The van der Waals surface area contributed by atoms with E-state index in [2.05, 4.69) is 15.0 Å². The van der Waals surface area contributed by atoms with E-state index in [1.54, 1.807) is 18.2 Å². The maximum atomic E-state index is 13.0. The molecule has 0 bridgehead atoms. The first-order valence-electron chi connectivity index (χ1n) is 11.7. The number of amides is 1. The third-order valence-corrected chi connectivity index (χ3v) is 6.22. The highest BCUT2D eigenvalue weighted by atomic mass is 35.5. The molecule has 1 heterocycles. The number of nitrogens with one attached hydrogen (secondary N) is 1. The summed E-state index contributed by atoms with van der Waals surface area (Å²) in [6.07, 6.45) is 5.33. The van der Waals surface area contributed by atoms with Crippen LogP contribution in [0, 0.1) is 5.92 Å². The molecule has 0 unspecified atom stereocenters. The van der Waals surface area contributed by atoms with Gasteiger partial charge in [-0.2, -0.15) is 8.78 Å². The third-order valence-electron chi connectivity index (χ3n) is 5.61. The number of halogens is 4. The maximum Gasteiger partial charge on any atom is 0.417 e. The van der Waals surface area contributed by atoms with Gasteiger partial charge in [0, 0.05) is 35.3 Å². The van der Waals surface area contributed by atoms with Crippen LogP contribution >= 0.6 is 23.2 Å². The van der Waals surface area contributed by atoms with Crippen LogP contribution in [0.15, 0.2) is 48.8 Å². The van der Waals surface area contributed by atoms with Gasteiger partial charge in [-0.15, -0.1) is 0 Å². The molecular formula is C27H24Cl2F2N2O6. The molecule has 0 spiro atoms. The Hall–Kier alpha value is -3.76. The van der Waals surface area contributed by atoms with E-state index >= 15 is 0 Å². The van der Waals surface area contributed by atoms with Crippen molar-refractivity contribution in [2.45, 2.75) is 19.5 Å². The van der Waals surface area contributed by atoms with Crippen molar-refractivity contribution in [2.75, 3.05) is 26.1 Å². The normalized spacial score (nSPS) is 13.2. The molecule has 0 saturated heterocycles. The van der Waals surface area contributed by atoms with Gasteiger partial charge in [0.2, 0.25) is 0 Å². The van der Waals surface area contributed by atoms with Crippen molar-refractivity contribution in [2.24, 2.45) is 5.92 Å². The second-order valence-corrected chi connectivity index (χ2v) is 9.22. The Balaban J connectivity index is 1.68. The van der Waals surface area contributed by atoms with Gasteiger partial charge in [0.05, 0.1) is 30.9 Å². The SMILES string of the molecule is COc1ccc(NC(=O)OC(=Cc2c(Cl)cncc2Cl)c2ccc(OC(F)F)c(OCC3CC3)c2)cc1OC. The van der Waals surface area contributed by atoms with Crippen LogP contribution in [-0.2, 0) is 4.74 Å². The topological polar surface area (TPSA) is 88.1 Å². The third kappa shape index (κ3) is 7.64. The quantitative estimate of drug-likeness (QED) is 0.234. The number of ether oxygens (including phenoxy) is 5. The van der Waals surface area contributed by atoms with E-state index in [0.717, 1.165) is 12.8 Å². The molecule has 39 heavy (non-hydrogen) atoms. The van der Waals surface area contributed by atoms with Gasteiger partial charge in [-0.05, 0) is 55.2 Å². The molecule has 0 aliphatic heterocycles. The van der Waals surface area contributed by atoms with E-state index in [1.165, 1.54) is 50.9 Å². The van der Waals surface area contributed by atoms with Crippen molar-refractivity contribution in [3.8, 4) is 23.0 Å². The number of rotatable bonds is 11. The fourth-order valence-electron chi connectivity index (χ4n) is 3.48. The van der Waals surface area contributed by atoms with Crippen LogP contribution in [0.1, 0.15) is 24.0 Å². The molecule has 12 heteroatoms. The van der Waals surface area contributed by atoms with E-state index in [4.69, 9.17) is 42.1 Å². The smallest absolute Gasteiger partial charge is 0.417 e. The summed E-state index contributed by atoms with van der Waals surface area (Å²) in [6.45, 7) is -2.71. The molecule has 0 atom stereocenters. The molecule has 1 aliphatic rings. The molecular weight excluding hydrogens is 557 g/mol. The molecule has 1 aliphatic carbocycles. The number of carbonyl (C=O) groups excluding carboxylic acids is 1. The van der Waals surface area contributed by atoms with Gasteiger partial charge in [0.15, 0.2) is 23.0 Å². The van der Waals surface area contributed by atoms with Crippen LogP contribution in [0.25, 0.3) is 11.8 Å². The van der Waals surface area contributed by atoms with Gasteiger partial charge in [0.1, 0.15) is 5.76 Å². The second kappa shape index (κ2) is 12.9. The molecule has 0 radical (unpaired) electrons. The molecule has 3 aromatic rings. The number of carbonyl (C=O) groups is 1. The predicted molar refractivity (Wildman–Crippen MR) is 143 cm³/mol. The lowest BCUT2D eigenvalue weighted by molar-refractivity contribution is -0.0515. The number of nitrogens with zero attached hydrogens (tertiary/aromatic N) is 1. The summed E-state index contributed by atoms with van der Waals surface area (Å²) in [5, 5.41) is 3.01. The van der Waals surface area contributed by atoms with Gasteiger partial charge in [0.25, 0.3) is 0 Å². The van der Waals surface area contributed by atoms with E-state index in [1.807, 2.05) is 0 Å². The van der Waals surface area contributed by atoms with E-state index in [9.17, 15) is 13.6 Å². The van der Waals surface area contributed by atoms with E-state index < -0.39 is 12.7 Å². The zero-order chi connectivity index (χ0) is 27.9. The minimum atomic E-state index is -3.05. The summed E-state index contributed by atoms with van der Waals surface area (Å²) >= 11 is 12.6. The zero-order valence-corrected chi connectivity index (χ0v) is 22.4. The lowest BCUT2D eigenvalue weighted by atomic mass is 10.1. The van der Waals surface area contributed by atoms with Gasteiger partial charge in [-0.25, -0.2) is 4.79 Å². The van der Waals surface area contributed by atoms with Crippen LogP contribution in [0.4, 0.5) is 19.3 Å². The van der Waals surface area contributed by atoms with Crippen molar-refractivity contribution in [3.05, 3.63) is 70.0 Å². The minimum Gasteiger partial charge on any atom is -0.493 e. The Morgan fingerprint density at radius 2 is 1.72 bits per heavy atom. The average Bonchev–Trinajstić information content (AvgIpc) is 3.74. The Labute approximate surface area is 233 Å². The minimum absolute atomic E-state index is 0.00263. The second-order valence-electron chi connectivity index (χ2n) is 8.40. The molecule has 8 nitrogen and oxygen atoms in total. The van der Waals surface area contributed by atoms with Gasteiger partial charge in [-0.3, -0.25) is 10.3 Å². The summed E-state index contributed by atoms with van der Waals surface area (Å²) in [5.74, 6) is 1.14. The first-order valence-corrected chi connectivity index (χ1v) is 12.5. The maximum absolute atomic E-state index is 13.0. The number of aromatic nitrogens is 1. The first-order chi connectivity index (χ1) is 18.8. The summed E-state index contributed by atoms with van der Waals surface area (Å²) in [4.78, 5) is 16.9. The van der Waals surface area contributed by atoms with Crippen molar-refractivity contribution in [1.82, 2.24) is 4.98 Å². The lowest BCUT2D eigenvalue weighted by Gasteiger charge is -2.16. The summed E-state index contributed by atoms with van der Waals surface area (Å²) in [7, 11) is 2.96. The average molecular weight is 581 g/mol. The highest BCUT2D eigenvalue weighted by molar-refractivity contribution is 6.37. The lowest BCUT2D eigenvalue weighted by Crippen LogP contribution is -2.13. The summed E-state index contributed by atoms with van der Waals surface area (Å²) < 4.78 is 52.5. The number of benzene rings is 2. The number of pyridine rings is 1. The Morgan fingerprint density at radius 3 is 2.36 bits per heavy atom. The number of hydrogen-bond donors (Lipinski definition) is 1. The van der Waals surface area contributed by atoms with Crippen LogP contribution in [0.5, 0.6) is 23.0 Å². The van der Waals surface area contributed by atoms with Crippen molar-refractivity contribution in [1.29, 1.82) is 0 Å². The van der Waals surface area contributed by atoms with Gasteiger partial charge < -0.3 is 23.7 Å². The number of methoxy groups -OCH3 is 2. The molecule has 1 aromatic heterocycles. The van der Waals surface area contributed by atoms with Gasteiger partial charge >= 0.3 is 12.7 Å². The first kappa shape index (κ1) is 28.3. The molecule has 206 valence electrons. The number of anilines is 1. The Morgan fingerprint density at radius 1 is 1.03 bits per heavy atom. The highest BCUT2D eigenvalue weighted by Crippen LogP contribution is 2.37. The van der Waals surface area contributed by atoms with Crippen molar-refractivity contribution >= 4 is 46.8 Å². The van der Waals surface area contributed by atoms with Gasteiger partial charge in [-0.1, -0.05) is 23.2 Å². The van der Waals surface area contributed by atoms with Crippen LogP contribution in [0.3, 0.4) is 0 Å². The monoisotopic (exact) mass is 580 g/mol. The predicted octanol–water partition coefficient (Wildman–Crippen LogP) is 7.54. The van der Waals surface area contributed by atoms with Crippen LogP contribution < -0.4 is 24.3 Å². The van der Waals surface area contributed by atoms with Crippen LogP contribution in [0.2, 0.25) is 10.0 Å². The Bertz CT molecular complexity index is 1350. The fourth-order valence-corrected chi connectivity index (χ4v) is 3.95. The highest BCUT2D eigenvalue weighted by Gasteiger charge is 2.24. The number of alkyl halides is 2. The number of hydrogen-bond acceptors (Lipinski definition) is 7.